The molecule has 0 saturated carbocycles. The fourth-order valence-corrected chi connectivity index (χ4v) is 2.35. The number of aliphatic hydroxyl groups is 1. The zero-order chi connectivity index (χ0) is 18.8. The molecule has 6 nitrogen and oxygen atoms in total. The summed E-state index contributed by atoms with van der Waals surface area (Å²) in [5, 5.41) is 13.4. The van der Waals surface area contributed by atoms with Crippen LogP contribution in [0.3, 0.4) is 0 Å². The molecule has 0 radical (unpaired) electrons. The zero-order valence-corrected chi connectivity index (χ0v) is 15.2. The second-order valence-electron chi connectivity index (χ2n) is 7.42. The third kappa shape index (κ3) is 5.00. The van der Waals surface area contributed by atoms with Crippen molar-refractivity contribution >= 4 is 22.8 Å². The van der Waals surface area contributed by atoms with Gasteiger partial charge in [0.15, 0.2) is 0 Å². The lowest BCUT2D eigenvalue weighted by Gasteiger charge is -2.20. The number of aromatic nitrogens is 1. The highest BCUT2D eigenvalue weighted by Gasteiger charge is 2.20. The predicted molar refractivity (Wildman–Crippen MR) is 95.2 cm³/mol. The summed E-state index contributed by atoms with van der Waals surface area (Å²) in [5.74, 6) is -0.900. The van der Waals surface area contributed by atoms with Gasteiger partial charge in [0.05, 0.1) is 16.7 Å². The number of fused-ring (bicyclic) bond motifs is 1. The average Bonchev–Trinajstić information content (AvgIpc) is 2.49. The lowest BCUT2D eigenvalue weighted by Crippen LogP contribution is -2.34. The molecule has 0 fully saturated rings. The molecule has 6 heteroatoms. The molecule has 0 saturated heterocycles. The number of rotatable bonds is 4. The van der Waals surface area contributed by atoms with E-state index in [0.717, 1.165) is 0 Å². The smallest absolute Gasteiger partial charge is 0.325 e. The van der Waals surface area contributed by atoms with Gasteiger partial charge in [-0.2, -0.15) is 0 Å². The van der Waals surface area contributed by atoms with Crippen molar-refractivity contribution < 1.29 is 19.4 Å². The second kappa shape index (κ2) is 6.80. The Morgan fingerprint density at radius 1 is 1.16 bits per heavy atom. The lowest BCUT2D eigenvalue weighted by atomic mass is 9.95. The summed E-state index contributed by atoms with van der Waals surface area (Å²) in [7, 11) is 0. The second-order valence-corrected chi connectivity index (χ2v) is 7.42. The molecular weight excluding hydrogens is 320 g/mol. The fraction of sp³-hybridized carbons (Fsp3) is 0.421. The Morgan fingerprint density at radius 2 is 1.84 bits per heavy atom. The summed E-state index contributed by atoms with van der Waals surface area (Å²) in [6, 6.07) is 6.86. The minimum atomic E-state index is -1.03. The van der Waals surface area contributed by atoms with Crippen LogP contribution in [0.4, 0.5) is 0 Å². The van der Waals surface area contributed by atoms with E-state index in [1.165, 1.54) is 6.20 Å². The number of hydrogen-bond donors (Lipinski definition) is 2. The van der Waals surface area contributed by atoms with Crippen LogP contribution < -0.4 is 5.32 Å². The van der Waals surface area contributed by atoms with E-state index >= 15 is 0 Å². The van der Waals surface area contributed by atoms with E-state index in [4.69, 9.17) is 4.74 Å². The topological polar surface area (TPSA) is 88.5 Å². The number of carbonyl (C=O) groups excluding carboxylic acids is 2. The van der Waals surface area contributed by atoms with E-state index in [9.17, 15) is 14.7 Å². The largest absolute Gasteiger partial charge is 0.459 e. The van der Waals surface area contributed by atoms with Gasteiger partial charge in [-0.3, -0.25) is 14.6 Å². The first kappa shape index (κ1) is 18.9. The quantitative estimate of drug-likeness (QED) is 0.832. The van der Waals surface area contributed by atoms with Crippen molar-refractivity contribution in [2.75, 3.05) is 6.54 Å². The molecular formula is C19H24N2O4. The minimum Gasteiger partial charge on any atom is -0.459 e. The average molecular weight is 344 g/mol. The van der Waals surface area contributed by atoms with Gasteiger partial charge in [0.2, 0.25) is 0 Å². The van der Waals surface area contributed by atoms with E-state index in [0.29, 0.717) is 22.0 Å². The third-order valence-electron chi connectivity index (χ3n) is 3.51. The fourth-order valence-electron chi connectivity index (χ4n) is 2.35. The van der Waals surface area contributed by atoms with Crippen molar-refractivity contribution in [3.05, 3.63) is 41.6 Å². The van der Waals surface area contributed by atoms with Crippen LogP contribution in [0.15, 0.2) is 30.5 Å². The van der Waals surface area contributed by atoms with Crippen LogP contribution in [0.2, 0.25) is 0 Å². The summed E-state index contributed by atoms with van der Waals surface area (Å²) < 4.78 is 5.18. The molecule has 2 N–H and O–H groups in total. The molecule has 0 aliphatic heterocycles. The van der Waals surface area contributed by atoms with Gasteiger partial charge in [-0.1, -0.05) is 6.07 Å². The van der Waals surface area contributed by atoms with Crippen LogP contribution in [0, 0.1) is 0 Å². The number of nitrogens with one attached hydrogen (secondary N) is 1. The van der Waals surface area contributed by atoms with E-state index in [-0.39, 0.29) is 6.54 Å². The minimum absolute atomic E-state index is 0.217. The standard InChI is InChI=1S/C19H24N2O4/c1-18(2,3)25-16(22)11-21-17(23)13-8-9-20-15-7-6-12(10-14(13)15)19(4,5)24/h6-10,24H,11H2,1-5H3,(H,21,23). The summed E-state index contributed by atoms with van der Waals surface area (Å²) in [6.45, 7) is 8.43. The van der Waals surface area contributed by atoms with Crippen molar-refractivity contribution in [2.45, 2.75) is 45.8 Å². The Balaban J connectivity index is 2.24. The van der Waals surface area contributed by atoms with Crippen LogP contribution in [-0.4, -0.2) is 34.1 Å². The first-order valence-corrected chi connectivity index (χ1v) is 8.09. The molecule has 2 rings (SSSR count). The summed E-state index contributed by atoms with van der Waals surface area (Å²) in [5.41, 5.74) is 0.0629. The van der Waals surface area contributed by atoms with Gasteiger partial charge in [-0.25, -0.2) is 0 Å². The van der Waals surface area contributed by atoms with Gasteiger partial charge in [-0.05, 0) is 58.4 Å². The number of amides is 1. The summed E-state index contributed by atoms with van der Waals surface area (Å²) in [6.07, 6.45) is 1.54. The van der Waals surface area contributed by atoms with Crippen LogP contribution >= 0.6 is 0 Å². The number of benzene rings is 1. The first-order chi connectivity index (χ1) is 11.5. The Labute approximate surface area is 147 Å². The van der Waals surface area contributed by atoms with Gasteiger partial charge in [-0.15, -0.1) is 0 Å². The number of nitrogens with zero attached hydrogens (tertiary/aromatic N) is 1. The maximum absolute atomic E-state index is 12.5. The molecule has 1 aromatic heterocycles. The monoisotopic (exact) mass is 344 g/mol. The molecule has 0 spiro atoms. The Kier molecular flexibility index (Phi) is 5.13. The van der Waals surface area contributed by atoms with Gasteiger partial charge in [0, 0.05) is 11.6 Å². The summed E-state index contributed by atoms with van der Waals surface area (Å²) >= 11 is 0. The number of esters is 1. The normalized spacial score (nSPS) is 12.1. The van der Waals surface area contributed by atoms with Gasteiger partial charge < -0.3 is 15.2 Å². The van der Waals surface area contributed by atoms with Crippen molar-refractivity contribution in [1.29, 1.82) is 0 Å². The van der Waals surface area contributed by atoms with Crippen LogP contribution in [-0.2, 0) is 15.1 Å². The number of carbonyl (C=O) groups is 2. The van der Waals surface area contributed by atoms with E-state index < -0.39 is 23.1 Å². The third-order valence-corrected chi connectivity index (χ3v) is 3.51. The summed E-state index contributed by atoms with van der Waals surface area (Å²) in [4.78, 5) is 28.5. The number of pyridine rings is 1. The molecule has 2 aromatic rings. The molecule has 134 valence electrons. The molecule has 25 heavy (non-hydrogen) atoms. The molecule has 1 aromatic carbocycles. The predicted octanol–water partition coefficient (Wildman–Crippen LogP) is 2.53. The Bertz CT molecular complexity index is 801. The molecule has 1 amide bonds. The number of ether oxygens (including phenoxy) is 1. The highest BCUT2D eigenvalue weighted by molar-refractivity contribution is 6.06. The van der Waals surface area contributed by atoms with Gasteiger partial charge >= 0.3 is 5.97 Å². The molecule has 1 heterocycles. The van der Waals surface area contributed by atoms with E-state index in [1.54, 1.807) is 58.9 Å². The molecule has 0 unspecified atom stereocenters. The van der Waals surface area contributed by atoms with Crippen molar-refractivity contribution in [2.24, 2.45) is 0 Å². The molecule has 0 aliphatic carbocycles. The maximum atomic E-state index is 12.5. The molecule has 0 aliphatic rings. The zero-order valence-electron chi connectivity index (χ0n) is 15.2. The Hall–Kier alpha value is -2.47. The number of hydrogen-bond acceptors (Lipinski definition) is 5. The van der Waals surface area contributed by atoms with E-state index in [1.807, 2.05) is 0 Å². The van der Waals surface area contributed by atoms with Gasteiger partial charge in [0.25, 0.3) is 5.91 Å². The molecule has 0 atom stereocenters. The lowest BCUT2D eigenvalue weighted by molar-refractivity contribution is -0.153. The van der Waals surface area contributed by atoms with Crippen molar-refractivity contribution in [1.82, 2.24) is 10.3 Å². The van der Waals surface area contributed by atoms with Crippen LogP contribution in [0.1, 0.15) is 50.5 Å². The van der Waals surface area contributed by atoms with Crippen LogP contribution in [0.5, 0.6) is 0 Å². The van der Waals surface area contributed by atoms with E-state index in [2.05, 4.69) is 10.3 Å². The SMILES string of the molecule is CC(C)(C)OC(=O)CNC(=O)c1ccnc2ccc(C(C)(C)O)cc12. The Morgan fingerprint density at radius 3 is 2.44 bits per heavy atom. The first-order valence-electron chi connectivity index (χ1n) is 8.09. The van der Waals surface area contributed by atoms with Crippen LogP contribution in [0.25, 0.3) is 10.9 Å². The van der Waals surface area contributed by atoms with Gasteiger partial charge in [0.1, 0.15) is 12.1 Å². The highest BCUT2D eigenvalue weighted by Crippen LogP contribution is 2.25. The van der Waals surface area contributed by atoms with Crippen molar-refractivity contribution in [3.63, 3.8) is 0 Å². The maximum Gasteiger partial charge on any atom is 0.325 e. The van der Waals surface area contributed by atoms with Crippen molar-refractivity contribution in [3.8, 4) is 0 Å². The highest BCUT2D eigenvalue weighted by atomic mass is 16.6. The molecule has 0 bridgehead atoms.